The van der Waals surface area contributed by atoms with Gasteiger partial charge in [-0.25, -0.2) is 4.39 Å². The number of hydrogen-bond acceptors (Lipinski definition) is 1. The number of hydrogen-bond donors (Lipinski definition) is 0. The van der Waals surface area contributed by atoms with Gasteiger partial charge in [-0.2, -0.15) is 8.78 Å². The Hall–Kier alpha value is -0.540. The molecule has 4 heteroatoms. The maximum Gasteiger partial charge on any atom is 0.332 e. The predicted octanol–water partition coefficient (Wildman–Crippen LogP) is 1.96. The summed E-state index contributed by atoms with van der Waals surface area (Å²) >= 11 is 0. The molecule has 0 aliphatic rings. The van der Waals surface area contributed by atoms with E-state index in [1.807, 2.05) is 0 Å². The van der Waals surface area contributed by atoms with Crippen LogP contribution in [-0.4, -0.2) is 18.4 Å². The first-order chi connectivity index (χ1) is 4.54. The number of aldehydes is 1. The van der Waals surface area contributed by atoms with E-state index in [9.17, 15) is 18.0 Å². The van der Waals surface area contributed by atoms with Gasteiger partial charge in [-0.1, -0.05) is 13.3 Å². The van der Waals surface area contributed by atoms with Crippen molar-refractivity contribution < 1.29 is 18.0 Å². The van der Waals surface area contributed by atoms with E-state index in [4.69, 9.17) is 0 Å². The zero-order chi connectivity index (χ0) is 8.20. The van der Waals surface area contributed by atoms with Gasteiger partial charge in [0.1, 0.15) is 0 Å². The van der Waals surface area contributed by atoms with Gasteiger partial charge >= 0.3 is 5.92 Å². The zero-order valence-electron chi connectivity index (χ0n) is 5.61. The highest BCUT2D eigenvalue weighted by Crippen LogP contribution is 2.22. The summed E-state index contributed by atoms with van der Waals surface area (Å²) in [4.78, 5) is 9.55. The van der Waals surface area contributed by atoms with Crippen molar-refractivity contribution >= 4 is 6.29 Å². The van der Waals surface area contributed by atoms with Crippen molar-refractivity contribution in [1.29, 1.82) is 0 Å². The molecule has 0 aromatic rings. The van der Waals surface area contributed by atoms with Crippen LogP contribution in [0.4, 0.5) is 13.2 Å². The molecule has 0 bridgehead atoms. The summed E-state index contributed by atoms with van der Waals surface area (Å²) in [5.41, 5.74) is 0. The average Bonchev–Trinajstić information content (AvgIpc) is 1.89. The second-order valence-corrected chi connectivity index (χ2v) is 2.05. The first-order valence-corrected chi connectivity index (χ1v) is 3.02. The molecule has 1 atom stereocenters. The molecular formula is C6H9F3O. The monoisotopic (exact) mass is 154 g/mol. The Labute approximate surface area is 57.2 Å². The number of rotatable bonds is 4. The van der Waals surface area contributed by atoms with Crippen LogP contribution in [0.5, 0.6) is 0 Å². The van der Waals surface area contributed by atoms with E-state index in [1.165, 1.54) is 0 Å². The average molecular weight is 154 g/mol. The van der Waals surface area contributed by atoms with Crippen LogP contribution in [0.1, 0.15) is 19.8 Å². The van der Waals surface area contributed by atoms with Crippen LogP contribution < -0.4 is 0 Å². The van der Waals surface area contributed by atoms with Crippen molar-refractivity contribution in [2.75, 3.05) is 0 Å². The molecular weight excluding hydrogens is 145 g/mol. The van der Waals surface area contributed by atoms with Crippen LogP contribution >= 0.6 is 0 Å². The van der Waals surface area contributed by atoms with Gasteiger partial charge < -0.3 is 0 Å². The third-order valence-corrected chi connectivity index (χ3v) is 1.12. The minimum absolute atomic E-state index is 0.272. The van der Waals surface area contributed by atoms with E-state index in [2.05, 4.69) is 0 Å². The number of alkyl halides is 3. The molecule has 0 radical (unpaired) electrons. The van der Waals surface area contributed by atoms with Crippen LogP contribution in [0.2, 0.25) is 0 Å². The summed E-state index contributed by atoms with van der Waals surface area (Å²) in [5.74, 6) is -3.80. The SMILES string of the molecule is CCCC(F)C(F)(F)C=O. The summed E-state index contributed by atoms with van der Waals surface area (Å²) in [7, 11) is 0. The third-order valence-electron chi connectivity index (χ3n) is 1.12. The highest BCUT2D eigenvalue weighted by molar-refractivity contribution is 5.60. The van der Waals surface area contributed by atoms with Crippen molar-refractivity contribution in [1.82, 2.24) is 0 Å². The van der Waals surface area contributed by atoms with Crippen molar-refractivity contribution in [2.24, 2.45) is 0 Å². The standard InChI is InChI=1S/C6H9F3O/c1-2-3-5(7)6(8,9)4-10/h4-5H,2-3H2,1H3. The topological polar surface area (TPSA) is 17.1 Å². The van der Waals surface area contributed by atoms with Gasteiger partial charge in [-0.05, 0) is 6.42 Å². The molecule has 0 aromatic carbocycles. The summed E-state index contributed by atoms with van der Waals surface area (Å²) in [6.45, 7) is 1.58. The van der Waals surface area contributed by atoms with Gasteiger partial charge in [0.15, 0.2) is 12.5 Å². The van der Waals surface area contributed by atoms with Crippen molar-refractivity contribution in [3.8, 4) is 0 Å². The summed E-state index contributed by atoms with van der Waals surface area (Å²) in [5, 5.41) is 0. The molecule has 0 aliphatic heterocycles. The van der Waals surface area contributed by atoms with Gasteiger partial charge in [0, 0.05) is 0 Å². The van der Waals surface area contributed by atoms with Crippen LogP contribution in [0.3, 0.4) is 0 Å². The van der Waals surface area contributed by atoms with Gasteiger partial charge in [-0.3, -0.25) is 4.79 Å². The zero-order valence-corrected chi connectivity index (χ0v) is 5.61. The summed E-state index contributed by atoms with van der Waals surface area (Å²) in [6, 6.07) is 0. The lowest BCUT2D eigenvalue weighted by Gasteiger charge is -2.12. The molecule has 10 heavy (non-hydrogen) atoms. The Bertz CT molecular complexity index is 114. The van der Waals surface area contributed by atoms with Crippen molar-refractivity contribution in [3.63, 3.8) is 0 Å². The molecule has 0 aliphatic carbocycles. The molecule has 0 saturated heterocycles. The van der Waals surface area contributed by atoms with Crippen LogP contribution in [-0.2, 0) is 4.79 Å². The van der Waals surface area contributed by atoms with Gasteiger partial charge in [0.25, 0.3) is 0 Å². The number of carbonyl (C=O) groups excluding carboxylic acids is 1. The van der Waals surface area contributed by atoms with Crippen LogP contribution in [0, 0.1) is 0 Å². The van der Waals surface area contributed by atoms with Gasteiger partial charge in [-0.15, -0.1) is 0 Å². The molecule has 1 unspecified atom stereocenters. The first-order valence-electron chi connectivity index (χ1n) is 3.02. The highest BCUT2D eigenvalue weighted by Gasteiger charge is 2.38. The minimum Gasteiger partial charge on any atom is -0.297 e. The third kappa shape index (κ3) is 2.37. The van der Waals surface area contributed by atoms with Crippen molar-refractivity contribution in [3.05, 3.63) is 0 Å². The fourth-order valence-corrected chi connectivity index (χ4v) is 0.520. The fourth-order valence-electron chi connectivity index (χ4n) is 0.520. The molecule has 60 valence electrons. The fraction of sp³-hybridized carbons (Fsp3) is 0.833. The Balaban J connectivity index is 3.90. The molecule has 0 aromatic heterocycles. The molecule has 0 amide bonds. The van der Waals surface area contributed by atoms with Crippen molar-refractivity contribution in [2.45, 2.75) is 31.9 Å². The van der Waals surface area contributed by atoms with E-state index < -0.39 is 18.4 Å². The van der Waals surface area contributed by atoms with E-state index in [0.717, 1.165) is 0 Å². The maximum atomic E-state index is 12.2. The van der Waals surface area contributed by atoms with E-state index in [1.54, 1.807) is 6.92 Å². The lowest BCUT2D eigenvalue weighted by molar-refractivity contribution is -0.139. The molecule has 0 N–H and O–H groups in total. The normalized spacial score (nSPS) is 14.8. The second-order valence-electron chi connectivity index (χ2n) is 2.05. The van der Waals surface area contributed by atoms with E-state index in [-0.39, 0.29) is 6.42 Å². The van der Waals surface area contributed by atoms with Crippen LogP contribution in [0.25, 0.3) is 0 Å². The molecule has 0 spiro atoms. The van der Waals surface area contributed by atoms with E-state index in [0.29, 0.717) is 6.42 Å². The number of carbonyl (C=O) groups is 1. The Morgan fingerprint density at radius 2 is 2.10 bits per heavy atom. The second kappa shape index (κ2) is 3.58. The van der Waals surface area contributed by atoms with E-state index >= 15 is 0 Å². The predicted molar refractivity (Wildman–Crippen MR) is 30.8 cm³/mol. The molecule has 0 fully saturated rings. The van der Waals surface area contributed by atoms with Crippen LogP contribution in [0.15, 0.2) is 0 Å². The molecule has 0 rings (SSSR count). The molecule has 1 nitrogen and oxygen atoms in total. The maximum absolute atomic E-state index is 12.2. The quantitative estimate of drug-likeness (QED) is 0.565. The Morgan fingerprint density at radius 3 is 2.40 bits per heavy atom. The largest absolute Gasteiger partial charge is 0.332 e. The minimum atomic E-state index is -3.80. The highest BCUT2D eigenvalue weighted by atomic mass is 19.3. The Morgan fingerprint density at radius 1 is 1.60 bits per heavy atom. The van der Waals surface area contributed by atoms with Gasteiger partial charge in [0.2, 0.25) is 0 Å². The van der Waals surface area contributed by atoms with Gasteiger partial charge in [0.05, 0.1) is 0 Å². The summed E-state index contributed by atoms with van der Waals surface area (Å²) < 4.78 is 36.2. The molecule has 0 heterocycles. The lowest BCUT2D eigenvalue weighted by atomic mass is 10.1. The first kappa shape index (κ1) is 9.46. The Kier molecular flexibility index (Phi) is 3.39. The summed E-state index contributed by atoms with van der Waals surface area (Å²) in [6.07, 6.45) is -2.93. The smallest absolute Gasteiger partial charge is 0.297 e. The number of halogens is 3. The molecule has 0 saturated carbocycles. The lowest BCUT2D eigenvalue weighted by Crippen LogP contribution is -2.31.